The molecule has 0 fully saturated rings. The van der Waals surface area contributed by atoms with Crippen molar-refractivity contribution >= 4 is 45.8 Å². The second-order valence-corrected chi connectivity index (χ2v) is 10.2. The van der Waals surface area contributed by atoms with Gasteiger partial charge in [-0.05, 0) is 41.7 Å². The number of allylic oxidation sites excluding steroid dienone is 1. The number of nitrogens with one attached hydrogen (secondary N) is 1. The zero-order valence-corrected chi connectivity index (χ0v) is 20.0. The lowest BCUT2D eigenvalue weighted by Gasteiger charge is -2.31. The quantitative estimate of drug-likeness (QED) is 0.428. The first-order chi connectivity index (χ1) is 17.1. The van der Waals surface area contributed by atoms with Gasteiger partial charge >= 0.3 is 0 Å². The van der Waals surface area contributed by atoms with Crippen LogP contribution in [0.15, 0.2) is 88.2 Å². The third-order valence-corrected chi connectivity index (χ3v) is 8.34. The molecule has 3 aliphatic rings. The number of carbonyl (C=O) groups excluding carboxylic acids is 1. The average Bonchev–Trinajstić information content (AvgIpc) is 3.38. The molecule has 0 saturated carbocycles. The second kappa shape index (κ2) is 7.63. The summed E-state index contributed by atoms with van der Waals surface area (Å²) in [5, 5.41) is 3.49. The molecule has 170 valence electrons. The fourth-order valence-corrected chi connectivity index (χ4v) is 6.72. The van der Waals surface area contributed by atoms with Gasteiger partial charge in [-0.3, -0.25) is 14.2 Å². The van der Waals surface area contributed by atoms with Gasteiger partial charge in [-0.1, -0.05) is 83.6 Å². The van der Waals surface area contributed by atoms with Crippen LogP contribution in [0.2, 0.25) is 5.02 Å². The van der Waals surface area contributed by atoms with E-state index in [1.54, 1.807) is 4.57 Å². The van der Waals surface area contributed by atoms with Crippen molar-refractivity contribution in [2.75, 3.05) is 5.32 Å². The van der Waals surface area contributed by atoms with Gasteiger partial charge in [-0.2, -0.15) is 0 Å². The molecule has 0 saturated heterocycles. The van der Waals surface area contributed by atoms with Crippen molar-refractivity contribution in [3.05, 3.63) is 125 Å². The molecular weight excluding hydrogens is 478 g/mol. The van der Waals surface area contributed by atoms with Gasteiger partial charge in [0.25, 0.3) is 11.5 Å². The van der Waals surface area contributed by atoms with E-state index in [2.05, 4.69) is 17.4 Å². The van der Waals surface area contributed by atoms with Crippen LogP contribution < -0.4 is 20.2 Å². The Balaban J connectivity index is 1.59. The number of hydrogen-bond acceptors (Lipinski definition) is 4. The molecule has 7 heteroatoms. The summed E-state index contributed by atoms with van der Waals surface area (Å²) >= 11 is 7.97. The van der Waals surface area contributed by atoms with Gasteiger partial charge in [0.05, 0.1) is 17.3 Å². The Morgan fingerprint density at radius 2 is 1.66 bits per heavy atom. The average molecular weight is 496 g/mol. The van der Waals surface area contributed by atoms with E-state index in [1.807, 2.05) is 60.7 Å². The Bertz CT molecular complexity index is 1800. The molecule has 1 aromatic heterocycles. The van der Waals surface area contributed by atoms with Crippen LogP contribution in [0.1, 0.15) is 34.7 Å². The van der Waals surface area contributed by atoms with Crippen molar-refractivity contribution in [1.82, 2.24) is 4.57 Å². The van der Waals surface area contributed by atoms with Gasteiger partial charge in [-0.25, -0.2) is 4.99 Å². The van der Waals surface area contributed by atoms with Gasteiger partial charge in [0.2, 0.25) is 0 Å². The number of para-hydroxylation sites is 1. The van der Waals surface area contributed by atoms with E-state index in [4.69, 9.17) is 16.6 Å². The number of rotatable bonds is 1. The lowest BCUT2D eigenvalue weighted by atomic mass is 9.83. The summed E-state index contributed by atoms with van der Waals surface area (Å²) < 4.78 is 2.13. The Morgan fingerprint density at radius 1 is 0.914 bits per heavy atom. The van der Waals surface area contributed by atoms with Gasteiger partial charge in [-0.15, -0.1) is 0 Å². The summed E-state index contributed by atoms with van der Waals surface area (Å²) in [5.41, 5.74) is 6.85. The van der Waals surface area contributed by atoms with E-state index in [1.165, 1.54) is 16.9 Å². The van der Waals surface area contributed by atoms with Crippen LogP contribution >= 0.6 is 22.9 Å². The molecule has 7 rings (SSSR count). The van der Waals surface area contributed by atoms with Gasteiger partial charge < -0.3 is 5.32 Å². The number of fused-ring (bicyclic) bond motifs is 4. The molecular formula is C28H18ClN3O2S. The molecule has 1 amide bonds. The first-order valence-corrected chi connectivity index (χ1v) is 12.6. The zero-order valence-electron chi connectivity index (χ0n) is 18.4. The third kappa shape index (κ3) is 2.97. The van der Waals surface area contributed by atoms with E-state index < -0.39 is 0 Å². The SMILES string of the molecule is O=C1Nc2ccccc2/C1=c1\sc2n(c1=O)C(c1ccccc1Cl)C1=C(N=2)c2ccccc2CC1. The maximum Gasteiger partial charge on any atom is 0.271 e. The highest BCUT2D eigenvalue weighted by Crippen LogP contribution is 2.42. The highest BCUT2D eigenvalue weighted by atomic mass is 35.5. The smallest absolute Gasteiger partial charge is 0.271 e. The van der Waals surface area contributed by atoms with E-state index >= 15 is 0 Å². The van der Waals surface area contributed by atoms with E-state index in [0.717, 1.165) is 40.8 Å². The van der Waals surface area contributed by atoms with E-state index in [-0.39, 0.29) is 17.5 Å². The Labute approximate surface area is 209 Å². The molecule has 35 heavy (non-hydrogen) atoms. The number of aromatic nitrogens is 1. The van der Waals surface area contributed by atoms with E-state index in [0.29, 0.717) is 25.6 Å². The first-order valence-electron chi connectivity index (χ1n) is 11.4. The summed E-state index contributed by atoms with van der Waals surface area (Å²) in [6.45, 7) is 0. The minimum atomic E-state index is -0.377. The molecule has 1 aliphatic carbocycles. The molecule has 1 unspecified atom stereocenters. The molecule has 5 nitrogen and oxygen atoms in total. The standard InChI is InChI=1S/C28H18ClN3O2S/c29-20-11-5-3-9-17(20)24-19-14-13-15-7-1-2-8-16(15)23(19)31-28-32(24)27(34)25(35-28)22-18-10-4-6-12-21(18)30-26(22)33/h1-12,24H,13-14H2,(H,30,33)/b25-22+. The second-order valence-electron chi connectivity index (χ2n) is 8.83. The first kappa shape index (κ1) is 20.6. The predicted molar refractivity (Wildman–Crippen MR) is 138 cm³/mol. The summed E-state index contributed by atoms with van der Waals surface area (Å²) in [7, 11) is 0. The Kier molecular flexibility index (Phi) is 4.50. The van der Waals surface area contributed by atoms with Crippen molar-refractivity contribution in [2.45, 2.75) is 18.9 Å². The molecule has 1 atom stereocenters. The maximum absolute atomic E-state index is 14.0. The lowest BCUT2D eigenvalue weighted by Crippen LogP contribution is -2.39. The predicted octanol–water partition coefficient (Wildman–Crippen LogP) is 4.29. The van der Waals surface area contributed by atoms with Crippen LogP contribution in [-0.2, 0) is 11.2 Å². The van der Waals surface area contributed by atoms with Crippen LogP contribution in [0.5, 0.6) is 0 Å². The zero-order chi connectivity index (χ0) is 23.7. The Hall–Kier alpha value is -3.74. The molecule has 0 spiro atoms. The fraction of sp³-hybridized carbons (Fsp3) is 0.107. The van der Waals surface area contributed by atoms with Crippen molar-refractivity contribution in [2.24, 2.45) is 4.99 Å². The maximum atomic E-state index is 14.0. The number of thiazole rings is 1. The van der Waals surface area contributed by atoms with Crippen LogP contribution in [0, 0.1) is 0 Å². The summed E-state index contributed by atoms with van der Waals surface area (Å²) in [5.74, 6) is -0.264. The number of benzene rings is 3. The third-order valence-electron chi connectivity index (χ3n) is 6.95. The minimum Gasteiger partial charge on any atom is -0.321 e. The molecule has 3 aromatic carbocycles. The normalized spacial score (nSPS) is 19.3. The summed E-state index contributed by atoms with van der Waals surface area (Å²) in [4.78, 5) is 32.6. The molecule has 2 aliphatic heterocycles. The number of amides is 1. The molecule has 4 aromatic rings. The topological polar surface area (TPSA) is 63.5 Å². The molecule has 0 radical (unpaired) electrons. The van der Waals surface area contributed by atoms with Crippen molar-refractivity contribution in [3.8, 4) is 0 Å². The molecule has 3 heterocycles. The number of carbonyl (C=O) groups is 1. The lowest BCUT2D eigenvalue weighted by molar-refractivity contribution is -0.110. The fourth-order valence-electron chi connectivity index (χ4n) is 5.39. The largest absolute Gasteiger partial charge is 0.321 e. The van der Waals surface area contributed by atoms with Crippen molar-refractivity contribution < 1.29 is 4.79 Å². The van der Waals surface area contributed by atoms with E-state index in [9.17, 15) is 9.59 Å². The van der Waals surface area contributed by atoms with Crippen molar-refractivity contribution in [1.29, 1.82) is 0 Å². The van der Waals surface area contributed by atoms with Gasteiger partial charge in [0.15, 0.2) is 4.80 Å². The summed E-state index contributed by atoms with van der Waals surface area (Å²) in [6, 6.07) is 23.0. The summed E-state index contributed by atoms with van der Waals surface area (Å²) in [6.07, 6.45) is 1.66. The number of anilines is 1. The van der Waals surface area contributed by atoms with Crippen LogP contribution in [0.4, 0.5) is 5.69 Å². The van der Waals surface area contributed by atoms with Gasteiger partial charge in [0, 0.05) is 21.8 Å². The highest BCUT2D eigenvalue weighted by Gasteiger charge is 2.35. The Morgan fingerprint density at radius 3 is 2.51 bits per heavy atom. The van der Waals surface area contributed by atoms with Gasteiger partial charge in [0.1, 0.15) is 4.53 Å². The molecule has 0 bridgehead atoms. The number of nitrogens with zero attached hydrogens (tertiary/aromatic N) is 2. The highest BCUT2D eigenvalue weighted by molar-refractivity contribution is 7.07. The van der Waals surface area contributed by atoms with Crippen LogP contribution in [0.3, 0.4) is 0 Å². The van der Waals surface area contributed by atoms with Crippen LogP contribution in [0.25, 0.3) is 11.3 Å². The monoisotopic (exact) mass is 495 g/mol. The van der Waals surface area contributed by atoms with Crippen molar-refractivity contribution in [3.63, 3.8) is 0 Å². The van der Waals surface area contributed by atoms with Crippen LogP contribution in [-0.4, -0.2) is 10.5 Å². The number of hydrogen-bond donors (Lipinski definition) is 1. The number of aryl methyl sites for hydroxylation is 1. The minimum absolute atomic E-state index is 0.217. The number of halogens is 1. The molecule has 1 N–H and O–H groups in total.